The summed E-state index contributed by atoms with van der Waals surface area (Å²) in [6.07, 6.45) is 0.151. The molecule has 0 amide bonds. The van der Waals surface area contributed by atoms with E-state index in [1.54, 1.807) is 7.11 Å². The molecule has 3 nitrogen and oxygen atoms in total. The fraction of sp³-hybridized carbons (Fsp3) is 0.600. The van der Waals surface area contributed by atoms with Crippen LogP contribution in [0.2, 0.25) is 0 Å². The molecule has 1 aromatic carbocycles. The average Bonchev–Trinajstić information content (AvgIpc) is 2.61. The third-order valence-electron chi connectivity index (χ3n) is 3.55. The smallest absolute Gasteiger partial charge is 0.128 e. The predicted molar refractivity (Wildman–Crippen MR) is 73.6 cm³/mol. The third kappa shape index (κ3) is 2.07. The predicted octanol–water partition coefficient (Wildman–Crippen LogP) is 3.03. The molecule has 2 rings (SSSR count). The largest absolute Gasteiger partial charge is 0.497 e. The van der Waals surface area contributed by atoms with Gasteiger partial charge in [0.25, 0.3) is 0 Å². The lowest BCUT2D eigenvalue weighted by molar-refractivity contribution is 0.211. The van der Waals surface area contributed by atoms with Crippen LogP contribution in [-0.4, -0.2) is 20.3 Å². The summed E-state index contributed by atoms with van der Waals surface area (Å²) in [7, 11) is 3.68. The highest BCUT2D eigenvalue weighted by molar-refractivity contribution is 5.54. The maximum atomic E-state index is 6.05. The van der Waals surface area contributed by atoms with Crippen LogP contribution in [0.1, 0.15) is 44.9 Å². The van der Waals surface area contributed by atoms with Crippen LogP contribution >= 0.6 is 0 Å². The zero-order valence-corrected chi connectivity index (χ0v) is 12.1. The second-order valence-electron chi connectivity index (χ2n) is 5.93. The molecule has 2 atom stereocenters. The minimum absolute atomic E-state index is 0.0426. The molecule has 1 aliphatic heterocycles. The Morgan fingerprint density at radius 3 is 2.44 bits per heavy atom. The van der Waals surface area contributed by atoms with Gasteiger partial charge in [0.1, 0.15) is 17.6 Å². The van der Waals surface area contributed by atoms with Gasteiger partial charge >= 0.3 is 0 Å². The summed E-state index contributed by atoms with van der Waals surface area (Å²) in [5.74, 6) is 1.92. The molecule has 0 saturated heterocycles. The molecule has 1 aliphatic rings. The standard InChI is InChI=1S/C15H23NO2/c1-9-13(16-5)11-7-10(17-6)8-12(14(11)18-9)15(2,3)4/h7-9,13,16H,1-6H3. The number of ether oxygens (including phenoxy) is 2. The molecule has 0 radical (unpaired) electrons. The van der Waals surface area contributed by atoms with E-state index in [0.717, 1.165) is 11.5 Å². The first-order chi connectivity index (χ1) is 8.38. The van der Waals surface area contributed by atoms with Crippen LogP contribution in [0.25, 0.3) is 0 Å². The summed E-state index contributed by atoms with van der Waals surface area (Å²) in [4.78, 5) is 0. The Bertz CT molecular complexity index is 449. The van der Waals surface area contributed by atoms with Crippen molar-refractivity contribution in [1.29, 1.82) is 0 Å². The molecular weight excluding hydrogens is 226 g/mol. The van der Waals surface area contributed by atoms with E-state index < -0.39 is 0 Å². The summed E-state index contributed by atoms with van der Waals surface area (Å²) in [5.41, 5.74) is 2.46. The van der Waals surface area contributed by atoms with E-state index in [2.05, 4.69) is 45.1 Å². The molecule has 100 valence electrons. The number of hydrogen-bond donors (Lipinski definition) is 1. The van der Waals surface area contributed by atoms with Crippen LogP contribution < -0.4 is 14.8 Å². The van der Waals surface area contributed by atoms with Gasteiger partial charge in [-0.15, -0.1) is 0 Å². The molecule has 3 heteroatoms. The topological polar surface area (TPSA) is 30.5 Å². The number of benzene rings is 1. The minimum atomic E-state index is 0.0426. The Morgan fingerprint density at radius 1 is 1.28 bits per heavy atom. The summed E-state index contributed by atoms with van der Waals surface area (Å²) >= 11 is 0. The molecular formula is C15H23NO2. The van der Waals surface area contributed by atoms with E-state index in [1.807, 2.05) is 7.05 Å². The Labute approximate surface area is 109 Å². The second-order valence-corrected chi connectivity index (χ2v) is 5.93. The quantitative estimate of drug-likeness (QED) is 0.874. The van der Waals surface area contributed by atoms with Crippen molar-refractivity contribution < 1.29 is 9.47 Å². The molecule has 1 aromatic rings. The van der Waals surface area contributed by atoms with E-state index in [-0.39, 0.29) is 17.6 Å². The highest BCUT2D eigenvalue weighted by Gasteiger charge is 2.35. The van der Waals surface area contributed by atoms with Crippen molar-refractivity contribution in [2.75, 3.05) is 14.2 Å². The van der Waals surface area contributed by atoms with Gasteiger partial charge in [-0.05, 0) is 31.5 Å². The summed E-state index contributed by atoms with van der Waals surface area (Å²) < 4.78 is 11.5. The normalized spacial score (nSPS) is 22.6. The number of rotatable bonds is 2. The number of methoxy groups -OCH3 is 1. The van der Waals surface area contributed by atoms with Crippen molar-refractivity contribution in [3.63, 3.8) is 0 Å². The Balaban J connectivity index is 2.61. The zero-order valence-electron chi connectivity index (χ0n) is 12.1. The molecule has 18 heavy (non-hydrogen) atoms. The lowest BCUT2D eigenvalue weighted by Gasteiger charge is -2.23. The van der Waals surface area contributed by atoms with Crippen molar-refractivity contribution in [3.05, 3.63) is 23.3 Å². The Morgan fingerprint density at radius 2 is 1.94 bits per heavy atom. The van der Waals surface area contributed by atoms with Crippen molar-refractivity contribution >= 4 is 0 Å². The summed E-state index contributed by atoms with van der Waals surface area (Å²) in [6.45, 7) is 8.69. The molecule has 0 fully saturated rings. The third-order valence-corrected chi connectivity index (χ3v) is 3.55. The van der Waals surface area contributed by atoms with Crippen LogP contribution in [0.4, 0.5) is 0 Å². The highest BCUT2D eigenvalue weighted by Crippen LogP contribution is 2.45. The SMILES string of the molecule is CNC1c2cc(OC)cc(C(C)(C)C)c2OC1C. The molecule has 0 aromatic heterocycles. The molecule has 0 saturated carbocycles. The fourth-order valence-corrected chi connectivity index (χ4v) is 2.56. The van der Waals surface area contributed by atoms with Crippen molar-refractivity contribution in [3.8, 4) is 11.5 Å². The first-order valence-corrected chi connectivity index (χ1v) is 6.44. The molecule has 0 bridgehead atoms. The Kier molecular flexibility index (Phi) is 3.28. The summed E-state index contributed by atoms with van der Waals surface area (Å²) in [6, 6.07) is 4.40. The van der Waals surface area contributed by atoms with E-state index in [1.165, 1.54) is 11.1 Å². The van der Waals surface area contributed by atoms with E-state index >= 15 is 0 Å². The van der Waals surface area contributed by atoms with Crippen LogP contribution in [0.15, 0.2) is 12.1 Å². The van der Waals surface area contributed by atoms with Crippen LogP contribution in [0.3, 0.4) is 0 Å². The van der Waals surface area contributed by atoms with Gasteiger partial charge in [0, 0.05) is 11.1 Å². The molecule has 1 heterocycles. The number of hydrogen-bond acceptors (Lipinski definition) is 3. The monoisotopic (exact) mass is 249 g/mol. The highest BCUT2D eigenvalue weighted by atomic mass is 16.5. The van der Waals surface area contributed by atoms with Crippen molar-refractivity contribution in [2.24, 2.45) is 0 Å². The van der Waals surface area contributed by atoms with Gasteiger partial charge in [-0.25, -0.2) is 0 Å². The maximum absolute atomic E-state index is 6.05. The van der Waals surface area contributed by atoms with E-state index in [9.17, 15) is 0 Å². The fourth-order valence-electron chi connectivity index (χ4n) is 2.56. The number of likely N-dealkylation sites (N-methyl/N-ethyl adjacent to an activating group) is 1. The average molecular weight is 249 g/mol. The molecule has 0 aliphatic carbocycles. The number of fused-ring (bicyclic) bond motifs is 1. The minimum Gasteiger partial charge on any atom is -0.497 e. The zero-order chi connectivity index (χ0) is 13.5. The lowest BCUT2D eigenvalue weighted by Crippen LogP contribution is -2.25. The maximum Gasteiger partial charge on any atom is 0.128 e. The van der Waals surface area contributed by atoms with Gasteiger partial charge < -0.3 is 14.8 Å². The first-order valence-electron chi connectivity index (χ1n) is 6.44. The second kappa shape index (κ2) is 4.47. The van der Waals surface area contributed by atoms with Crippen molar-refractivity contribution in [2.45, 2.75) is 45.3 Å². The Hall–Kier alpha value is -1.22. The van der Waals surface area contributed by atoms with Crippen LogP contribution in [0.5, 0.6) is 11.5 Å². The molecule has 2 unspecified atom stereocenters. The first kappa shape index (κ1) is 13.2. The van der Waals surface area contributed by atoms with Gasteiger partial charge in [-0.1, -0.05) is 20.8 Å². The van der Waals surface area contributed by atoms with E-state index in [4.69, 9.17) is 9.47 Å². The van der Waals surface area contributed by atoms with Gasteiger partial charge in [0.05, 0.1) is 13.2 Å². The summed E-state index contributed by atoms with van der Waals surface area (Å²) in [5, 5.41) is 3.32. The van der Waals surface area contributed by atoms with E-state index in [0.29, 0.717) is 0 Å². The van der Waals surface area contributed by atoms with Gasteiger partial charge in [0.2, 0.25) is 0 Å². The van der Waals surface area contributed by atoms with Crippen molar-refractivity contribution in [1.82, 2.24) is 5.32 Å². The van der Waals surface area contributed by atoms with Gasteiger partial charge in [-0.2, -0.15) is 0 Å². The van der Waals surface area contributed by atoms with Gasteiger partial charge in [-0.3, -0.25) is 0 Å². The molecule has 1 N–H and O–H groups in total. The lowest BCUT2D eigenvalue weighted by atomic mass is 9.84. The molecule has 0 spiro atoms. The number of nitrogens with one attached hydrogen (secondary N) is 1. The van der Waals surface area contributed by atoms with Crippen LogP contribution in [0, 0.1) is 0 Å². The van der Waals surface area contributed by atoms with Crippen LogP contribution in [-0.2, 0) is 5.41 Å². The van der Waals surface area contributed by atoms with Gasteiger partial charge in [0.15, 0.2) is 0 Å².